The Morgan fingerprint density at radius 1 is 0.938 bits per heavy atom. The molecule has 1 aliphatic rings. The van der Waals surface area contributed by atoms with E-state index >= 15 is 0 Å². The number of nitrogens with zero attached hydrogens (tertiary/aromatic N) is 1. The minimum absolute atomic E-state index is 0.0385. The lowest BCUT2D eigenvalue weighted by Gasteiger charge is -2.23. The van der Waals surface area contributed by atoms with Crippen LogP contribution < -0.4 is 0 Å². The van der Waals surface area contributed by atoms with Crippen molar-refractivity contribution in [1.29, 1.82) is 0 Å². The molecule has 158 valence electrons. The fourth-order valence-electron chi connectivity index (χ4n) is 4.15. The number of ketones is 1. The molecule has 2 heterocycles. The highest BCUT2D eigenvalue weighted by Crippen LogP contribution is 2.41. The van der Waals surface area contributed by atoms with Crippen LogP contribution in [-0.4, -0.2) is 21.7 Å². The van der Waals surface area contributed by atoms with E-state index < -0.39 is 23.5 Å². The van der Waals surface area contributed by atoms with Crippen molar-refractivity contribution in [2.75, 3.05) is 0 Å². The molecule has 0 spiro atoms. The van der Waals surface area contributed by atoms with E-state index in [9.17, 15) is 19.1 Å². The number of carbonyl (C=O) groups excluding carboxylic acids is 2. The fraction of sp³-hybridized carbons (Fsp3) is 0.0769. The lowest BCUT2D eigenvalue weighted by atomic mass is 9.96. The van der Waals surface area contributed by atoms with E-state index in [2.05, 4.69) is 0 Å². The summed E-state index contributed by atoms with van der Waals surface area (Å²) < 4.78 is 18.9. The number of rotatable bonds is 4. The van der Waals surface area contributed by atoms with E-state index in [0.717, 1.165) is 10.8 Å². The van der Waals surface area contributed by atoms with E-state index in [-0.39, 0.29) is 17.9 Å². The molecule has 1 fully saturated rings. The number of amides is 1. The predicted octanol–water partition coefficient (Wildman–Crippen LogP) is 5.19. The first-order valence-corrected chi connectivity index (χ1v) is 10.1. The topological polar surface area (TPSA) is 70.8 Å². The number of likely N-dealkylation sites (tertiary alicyclic amines) is 1. The van der Waals surface area contributed by atoms with Crippen molar-refractivity contribution in [2.45, 2.75) is 12.6 Å². The molecule has 0 aliphatic carbocycles. The Labute approximate surface area is 183 Å². The number of carbonyl (C=O) groups is 2. The van der Waals surface area contributed by atoms with E-state index in [4.69, 9.17) is 4.42 Å². The highest BCUT2D eigenvalue weighted by molar-refractivity contribution is 6.46. The molecular weight excluding hydrogens is 409 g/mol. The summed E-state index contributed by atoms with van der Waals surface area (Å²) in [6.45, 7) is 0.0581. The average Bonchev–Trinajstić information content (AvgIpc) is 3.42. The Balaban J connectivity index is 1.67. The second kappa shape index (κ2) is 7.81. The Morgan fingerprint density at radius 2 is 1.69 bits per heavy atom. The molecule has 0 saturated carbocycles. The number of furan rings is 1. The normalized spacial score (nSPS) is 17.9. The van der Waals surface area contributed by atoms with Crippen molar-refractivity contribution in [1.82, 2.24) is 4.90 Å². The summed E-state index contributed by atoms with van der Waals surface area (Å²) in [6, 6.07) is 21.0. The van der Waals surface area contributed by atoms with Crippen LogP contribution in [0.1, 0.15) is 22.9 Å². The number of halogens is 1. The van der Waals surface area contributed by atoms with Gasteiger partial charge in [0.15, 0.2) is 0 Å². The van der Waals surface area contributed by atoms with Gasteiger partial charge in [0, 0.05) is 12.1 Å². The molecule has 1 aliphatic heterocycles. The minimum atomic E-state index is -0.908. The molecule has 1 amide bonds. The van der Waals surface area contributed by atoms with Crippen LogP contribution in [0.2, 0.25) is 0 Å². The van der Waals surface area contributed by atoms with Crippen molar-refractivity contribution < 1.29 is 23.5 Å². The number of fused-ring (bicyclic) bond motifs is 1. The summed E-state index contributed by atoms with van der Waals surface area (Å²) in [4.78, 5) is 27.5. The summed E-state index contributed by atoms with van der Waals surface area (Å²) in [5, 5.41) is 12.9. The van der Waals surface area contributed by atoms with Crippen LogP contribution in [0, 0.1) is 5.82 Å². The first-order valence-electron chi connectivity index (χ1n) is 10.1. The first-order chi connectivity index (χ1) is 15.5. The summed E-state index contributed by atoms with van der Waals surface area (Å²) in [5.41, 5.74) is 1.07. The lowest BCUT2D eigenvalue weighted by Crippen LogP contribution is -2.29. The van der Waals surface area contributed by atoms with Gasteiger partial charge in [0.2, 0.25) is 0 Å². The van der Waals surface area contributed by atoms with Crippen molar-refractivity contribution in [2.24, 2.45) is 0 Å². The third-order valence-electron chi connectivity index (χ3n) is 5.66. The zero-order valence-corrected chi connectivity index (χ0v) is 16.9. The van der Waals surface area contributed by atoms with Crippen LogP contribution in [0.25, 0.3) is 16.5 Å². The van der Waals surface area contributed by atoms with Gasteiger partial charge in [0.25, 0.3) is 11.7 Å². The van der Waals surface area contributed by atoms with Gasteiger partial charge in [-0.2, -0.15) is 0 Å². The van der Waals surface area contributed by atoms with Gasteiger partial charge in [-0.25, -0.2) is 4.39 Å². The SMILES string of the molecule is O=C1C(=O)N(Cc2ccc(F)cc2)C(c2ccco2)/C1=C(/O)c1cccc2ccccc12. The Bertz CT molecular complexity index is 1350. The number of aliphatic hydroxyl groups is 1. The molecule has 1 aromatic heterocycles. The minimum Gasteiger partial charge on any atom is -0.507 e. The highest BCUT2D eigenvalue weighted by Gasteiger charge is 2.47. The van der Waals surface area contributed by atoms with Crippen molar-refractivity contribution in [3.63, 3.8) is 0 Å². The number of hydrogen-bond acceptors (Lipinski definition) is 4. The molecule has 5 rings (SSSR count). The summed E-state index contributed by atoms with van der Waals surface area (Å²) in [5.74, 6) is -1.85. The first kappa shape index (κ1) is 19.8. The Kier molecular flexibility index (Phi) is 4.82. The standard InChI is InChI=1S/C26H18FNO4/c27-18-12-10-16(11-13-18)15-28-23(21-9-4-14-32-21)22(25(30)26(28)31)24(29)20-8-3-6-17-5-1-2-7-19(17)20/h1-14,23,29H,15H2/b24-22-. The van der Waals surface area contributed by atoms with Crippen molar-refractivity contribution in [3.05, 3.63) is 113 Å². The molecular formula is C26H18FNO4. The number of benzene rings is 3. The van der Waals surface area contributed by atoms with Crippen molar-refractivity contribution >= 4 is 28.2 Å². The molecule has 1 N–H and O–H groups in total. The predicted molar refractivity (Wildman–Crippen MR) is 117 cm³/mol. The van der Waals surface area contributed by atoms with E-state index in [1.165, 1.54) is 23.3 Å². The molecule has 32 heavy (non-hydrogen) atoms. The van der Waals surface area contributed by atoms with Crippen LogP contribution in [0.15, 0.2) is 95.1 Å². The quantitative estimate of drug-likeness (QED) is 0.276. The van der Waals surface area contributed by atoms with Gasteiger partial charge in [-0.1, -0.05) is 54.6 Å². The maximum absolute atomic E-state index is 13.3. The number of aliphatic hydroxyl groups excluding tert-OH is 1. The second-order valence-corrected chi connectivity index (χ2v) is 7.60. The Hall–Kier alpha value is -4.19. The maximum Gasteiger partial charge on any atom is 0.296 e. The molecule has 1 unspecified atom stereocenters. The van der Waals surface area contributed by atoms with Crippen LogP contribution in [0.4, 0.5) is 4.39 Å². The molecule has 0 radical (unpaired) electrons. The van der Waals surface area contributed by atoms with Crippen LogP contribution in [-0.2, 0) is 16.1 Å². The molecule has 5 nitrogen and oxygen atoms in total. The average molecular weight is 427 g/mol. The third kappa shape index (κ3) is 3.26. The lowest BCUT2D eigenvalue weighted by molar-refractivity contribution is -0.140. The number of Topliss-reactive ketones (excluding diaryl/α,β-unsaturated/α-hetero) is 1. The van der Waals surface area contributed by atoms with Gasteiger partial charge in [0.05, 0.1) is 11.8 Å². The zero-order chi connectivity index (χ0) is 22.2. The summed E-state index contributed by atoms with van der Waals surface area (Å²) in [7, 11) is 0. The van der Waals surface area contributed by atoms with E-state index in [0.29, 0.717) is 16.9 Å². The number of hydrogen-bond donors (Lipinski definition) is 1. The fourth-order valence-corrected chi connectivity index (χ4v) is 4.15. The van der Waals surface area contributed by atoms with Gasteiger partial charge < -0.3 is 14.4 Å². The van der Waals surface area contributed by atoms with E-state index in [1.807, 2.05) is 30.3 Å². The Morgan fingerprint density at radius 3 is 2.44 bits per heavy atom. The second-order valence-electron chi connectivity index (χ2n) is 7.60. The molecule has 0 bridgehead atoms. The van der Waals surface area contributed by atoms with Crippen LogP contribution in [0.3, 0.4) is 0 Å². The van der Waals surface area contributed by atoms with Crippen LogP contribution in [0.5, 0.6) is 0 Å². The highest BCUT2D eigenvalue weighted by atomic mass is 19.1. The van der Waals surface area contributed by atoms with E-state index in [1.54, 1.807) is 36.4 Å². The van der Waals surface area contributed by atoms with Gasteiger partial charge in [-0.05, 0) is 40.6 Å². The molecule has 4 aromatic rings. The largest absolute Gasteiger partial charge is 0.507 e. The molecule has 3 aromatic carbocycles. The summed E-state index contributed by atoms with van der Waals surface area (Å²) in [6.07, 6.45) is 1.45. The molecule has 6 heteroatoms. The third-order valence-corrected chi connectivity index (χ3v) is 5.66. The monoisotopic (exact) mass is 427 g/mol. The van der Waals surface area contributed by atoms with Gasteiger partial charge in [-0.15, -0.1) is 0 Å². The molecule has 1 atom stereocenters. The van der Waals surface area contributed by atoms with Crippen LogP contribution >= 0.6 is 0 Å². The maximum atomic E-state index is 13.3. The smallest absolute Gasteiger partial charge is 0.296 e. The van der Waals surface area contributed by atoms with Gasteiger partial charge >= 0.3 is 0 Å². The van der Waals surface area contributed by atoms with Crippen molar-refractivity contribution in [3.8, 4) is 0 Å². The van der Waals surface area contributed by atoms with Gasteiger partial charge in [0.1, 0.15) is 23.4 Å². The molecule has 1 saturated heterocycles. The van der Waals surface area contributed by atoms with Gasteiger partial charge in [-0.3, -0.25) is 9.59 Å². The summed E-state index contributed by atoms with van der Waals surface area (Å²) >= 11 is 0. The zero-order valence-electron chi connectivity index (χ0n) is 16.9.